The van der Waals surface area contributed by atoms with Gasteiger partial charge >= 0.3 is 0 Å². The lowest BCUT2D eigenvalue weighted by Crippen LogP contribution is -2.07. The van der Waals surface area contributed by atoms with Gasteiger partial charge in [-0.05, 0) is 12.1 Å². The summed E-state index contributed by atoms with van der Waals surface area (Å²) in [5, 5.41) is 0.769. The maximum absolute atomic E-state index is 11.8. The molecule has 0 aliphatic rings. The highest BCUT2D eigenvalue weighted by Gasteiger charge is 2.09. The van der Waals surface area contributed by atoms with E-state index in [1.165, 1.54) is 11.8 Å². The van der Waals surface area contributed by atoms with Crippen LogP contribution >= 0.6 is 11.8 Å². The van der Waals surface area contributed by atoms with Crippen LogP contribution < -0.4 is 0 Å². The van der Waals surface area contributed by atoms with Gasteiger partial charge in [0.1, 0.15) is 5.03 Å². The second-order valence-electron chi connectivity index (χ2n) is 3.26. The molecule has 0 radical (unpaired) electrons. The van der Waals surface area contributed by atoms with Gasteiger partial charge in [0.25, 0.3) is 0 Å². The Bertz CT molecular complexity index is 481. The average molecular weight is 233 g/mol. The van der Waals surface area contributed by atoms with Crippen molar-refractivity contribution in [1.29, 1.82) is 0 Å². The largest absolute Gasteiger partial charge is 0.348 e. The van der Waals surface area contributed by atoms with Crippen LogP contribution in [0.4, 0.5) is 0 Å². The molecule has 0 aliphatic heterocycles. The molecular weight excluding hydrogens is 222 g/mol. The molecule has 2 aromatic rings. The highest BCUT2D eigenvalue weighted by atomic mass is 32.2. The molecule has 2 rings (SSSR count). The van der Waals surface area contributed by atoms with Gasteiger partial charge in [0.15, 0.2) is 5.78 Å². The number of aryl methyl sites for hydroxylation is 1. The van der Waals surface area contributed by atoms with E-state index in [1.54, 1.807) is 18.6 Å². The zero-order chi connectivity index (χ0) is 11.4. The highest BCUT2D eigenvalue weighted by molar-refractivity contribution is 7.99. The first-order chi connectivity index (χ1) is 7.77. The molecule has 0 bridgehead atoms. The first kappa shape index (κ1) is 10.9. The molecule has 2 heterocycles. The molecule has 82 valence electrons. The molecule has 0 saturated heterocycles. The first-order valence-corrected chi connectivity index (χ1v) is 5.79. The Morgan fingerprint density at radius 3 is 3.00 bits per heavy atom. The first-order valence-electron chi connectivity index (χ1n) is 4.81. The van der Waals surface area contributed by atoms with E-state index in [9.17, 15) is 4.79 Å². The van der Waals surface area contributed by atoms with E-state index in [2.05, 4.69) is 9.97 Å². The van der Waals surface area contributed by atoms with E-state index in [-0.39, 0.29) is 5.78 Å². The Balaban J connectivity index is 1.97. The van der Waals surface area contributed by atoms with Gasteiger partial charge in [-0.2, -0.15) is 0 Å². The number of carbonyl (C=O) groups excluding carboxylic acids is 1. The van der Waals surface area contributed by atoms with Crippen molar-refractivity contribution in [2.75, 3.05) is 5.75 Å². The van der Waals surface area contributed by atoms with Gasteiger partial charge in [0.2, 0.25) is 0 Å². The van der Waals surface area contributed by atoms with Gasteiger partial charge in [0.05, 0.1) is 17.6 Å². The van der Waals surface area contributed by atoms with Crippen LogP contribution in [-0.4, -0.2) is 26.1 Å². The molecule has 16 heavy (non-hydrogen) atoms. The average Bonchev–Trinajstić information content (AvgIpc) is 2.74. The normalized spacial score (nSPS) is 10.3. The van der Waals surface area contributed by atoms with Crippen molar-refractivity contribution in [3.05, 3.63) is 42.6 Å². The van der Waals surface area contributed by atoms with Crippen LogP contribution in [0.25, 0.3) is 0 Å². The van der Waals surface area contributed by atoms with E-state index in [0.717, 1.165) is 10.7 Å². The quantitative estimate of drug-likeness (QED) is 0.596. The maximum atomic E-state index is 11.8. The summed E-state index contributed by atoms with van der Waals surface area (Å²) in [6, 6.07) is 3.68. The van der Waals surface area contributed by atoms with Crippen LogP contribution in [0.5, 0.6) is 0 Å². The third kappa shape index (κ3) is 2.49. The van der Waals surface area contributed by atoms with Gasteiger partial charge in [-0.25, -0.2) is 4.98 Å². The predicted molar refractivity (Wildman–Crippen MR) is 62.5 cm³/mol. The van der Waals surface area contributed by atoms with E-state index >= 15 is 0 Å². The Morgan fingerprint density at radius 2 is 2.38 bits per heavy atom. The summed E-state index contributed by atoms with van der Waals surface area (Å²) in [5.41, 5.74) is 0.719. The van der Waals surface area contributed by atoms with Crippen molar-refractivity contribution >= 4 is 17.5 Å². The minimum Gasteiger partial charge on any atom is -0.348 e. The summed E-state index contributed by atoms with van der Waals surface area (Å²) in [4.78, 5) is 19.8. The molecule has 0 fully saturated rings. The predicted octanol–water partition coefficient (Wildman–Crippen LogP) is 1.79. The van der Waals surface area contributed by atoms with Crippen molar-refractivity contribution in [3.63, 3.8) is 0 Å². The van der Waals surface area contributed by atoms with Gasteiger partial charge in [-0.1, -0.05) is 11.8 Å². The van der Waals surface area contributed by atoms with Crippen LogP contribution in [-0.2, 0) is 7.05 Å². The molecule has 0 saturated carbocycles. The lowest BCUT2D eigenvalue weighted by atomic mass is 10.3. The smallest absolute Gasteiger partial charge is 0.189 e. The van der Waals surface area contributed by atoms with E-state index in [4.69, 9.17) is 0 Å². The van der Waals surface area contributed by atoms with Crippen molar-refractivity contribution < 1.29 is 4.79 Å². The fraction of sp³-hybridized carbons (Fsp3) is 0.182. The van der Waals surface area contributed by atoms with Crippen molar-refractivity contribution in [3.8, 4) is 0 Å². The highest BCUT2D eigenvalue weighted by Crippen LogP contribution is 2.15. The number of hydrogen-bond donors (Lipinski definition) is 0. The van der Waals surface area contributed by atoms with Crippen LogP contribution in [0.3, 0.4) is 0 Å². The van der Waals surface area contributed by atoms with Gasteiger partial charge in [-0.15, -0.1) is 0 Å². The standard InChI is InChI=1S/C11H11N3OS/c1-14-6-2-3-9(14)10(15)8-16-11-7-12-4-5-13-11/h2-7H,8H2,1H3. The molecule has 0 atom stereocenters. The second kappa shape index (κ2) is 4.94. The van der Waals surface area contributed by atoms with E-state index < -0.39 is 0 Å². The van der Waals surface area contributed by atoms with Crippen LogP contribution in [0.1, 0.15) is 10.5 Å². The molecule has 0 spiro atoms. The van der Waals surface area contributed by atoms with Gasteiger partial charge < -0.3 is 4.57 Å². The van der Waals surface area contributed by atoms with Crippen molar-refractivity contribution in [2.24, 2.45) is 7.05 Å². The third-order valence-electron chi connectivity index (χ3n) is 2.12. The zero-order valence-electron chi connectivity index (χ0n) is 8.83. The number of nitrogens with zero attached hydrogens (tertiary/aromatic N) is 3. The lowest BCUT2D eigenvalue weighted by molar-refractivity contribution is 0.101. The molecule has 2 aromatic heterocycles. The maximum Gasteiger partial charge on any atom is 0.189 e. The summed E-state index contributed by atoms with van der Waals surface area (Å²) < 4.78 is 1.82. The molecule has 5 heteroatoms. The minimum absolute atomic E-state index is 0.100. The number of hydrogen-bond acceptors (Lipinski definition) is 4. The SMILES string of the molecule is Cn1cccc1C(=O)CSc1cnccn1. The molecule has 0 aromatic carbocycles. The summed E-state index contributed by atoms with van der Waals surface area (Å²) >= 11 is 1.40. The summed E-state index contributed by atoms with van der Waals surface area (Å²) in [5.74, 6) is 0.486. The summed E-state index contributed by atoms with van der Waals surface area (Å²) in [6.07, 6.45) is 6.75. The Labute approximate surface area is 97.7 Å². The molecule has 0 aliphatic carbocycles. The van der Waals surface area contributed by atoms with Crippen molar-refractivity contribution in [2.45, 2.75) is 5.03 Å². The Kier molecular flexibility index (Phi) is 3.36. The number of carbonyl (C=O) groups is 1. The van der Waals surface area contributed by atoms with Crippen LogP contribution in [0.2, 0.25) is 0 Å². The number of ketones is 1. The lowest BCUT2D eigenvalue weighted by Gasteiger charge is -2.01. The second-order valence-corrected chi connectivity index (χ2v) is 4.26. The summed E-state index contributed by atoms with van der Waals surface area (Å²) in [7, 11) is 1.86. The molecule has 0 unspecified atom stereocenters. The van der Waals surface area contributed by atoms with Crippen LogP contribution in [0.15, 0.2) is 41.9 Å². The molecule has 4 nitrogen and oxygen atoms in total. The zero-order valence-corrected chi connectivity index (χ0v) is 9.65. The number of Topliss-reactive ketones (excluding diaryl/α,β-unsaturated/α-hetero) is 1. The Hall–Kier alpha value is -1.62. The molecule has 0 N–H and O–H groups in total. The minimum atomic E-state index is 0.100. The van der Waals surface area contributed by atoms with E-state index in [0.29, 0.717) is 5.75 Å². The molecular formula is C11H11N3OS. The van der Waals surface area contributed by atoms with Crippen molar-refractivity contribution in [1.82, 2.24) is 14.5 Å². The van der Waals surface area contributed by atoms with Crippen LogP contribution in [0, 0.1) is 0 Å². The van der Waals surface area contributed by atoms with Gasteiger partial charge in [-0.3, -0.25) is 9.78 Å². The third-order valence-corrected chi connectivity index (χ3v) is 3.03. The van der Waals surface area contributed by atoms with Gasteiger partial charge in [0, 0.05) is 25.6 Å². The number of rotatable bonds is 4. The fourth-order valence-electron chi connectivity index (χ4n) is 1.32. The van der Waals surface area contributed by atoms with E-state index in [1.807, 2.05) is 29.9 Å². The monoisotopic (exact) mass is 233 g/mol. The fourth-order valence-corrected chi connectivity index (χ4v) is 2.02. The number of aromatic nitrogens is 3. The molecule has 0 amide bonds. The summed E-state index contributed by atoms with van der Waals surface area (Å²) in [6.45, 7) is 0. The Morgan fingerprint density at radius 1 is 1.50 bits per heavy atom. The topological polar surface area (TPSA) is 47.8 Å². The number of thioether (sulfide) groups is 1.